The molecule has 0 spiro atoms. The second-order valence-electron chi connectivity index (χ2n) is 8.26. The number of amides is 1. The molecule has 0 radical (unpaired) electrons. The standard InChI is InChI=1S/C27H34ClFN4O/c1-5-21-8-6-9-22(10-7-11-31-15-21)13-25(30-4)12-19(2)27(34)33-17-23(20(3)29)14-24-16-32-18-26(24)28/h6,8-9,12,14-15,18,22,24,32H,2-5,7,10-11,13,16-17H2,1H3,(H,33,34)/b9-6+,21-8-,23-14-,25-12-,31-15?. The number of rotatable bonds is 10. The SMILES string of the molecule is C=N/C(=C\C(=C)C(=O)NC/C(=C/C1CNC=C1Cl)C(=C)F)CC1/C=C/C=C(/CC)C=NCCC1. The first-order chi connectivity index (χ1) is 16.3. The number of nitrogens with one attached hydrogen (secondary N) is 2. The summed E-state index contributed by atoms with van der Waals surface area (Å²) in [6.45, 7) is 14.3. The number of carbonyl (C=O) groups is 1. The lowest BCUT2D eigenvalue weighted by molar-refractivity contribution is -0.117. The minimum absolute atomic E-state index is 0.0173. The lowest BCUT2D eigenvalue weighted by atomic mass is 9.95. The van der Waals surface area contributed by atoms with E-state index in [-0.39, 0.29) is 29.5 Å². The normalized spacial score (nSPS) is 23.7. The van der Waals surface area contributed by atoms with E-state index in [4.69, 9.17) is 11.6 Å². The summed E-state index contributed by atoms with van der Waals surface area (Å²) >= 11 is 6.11. The van der Waals surface area contributed by atoms with E-state index < -0.39 is 11.7 Å². The van der Waals surface area contributed by atoms with Crippen LogP contribution >= 0.6 is 11.6 Å². The second kappa shape index (κ2) is 14.3. The summed E-state index contributed by atoms with van der Waals surface area (Å²) in [5.74, 6) is -0.929. The minimum Gasteiger partial charge on any atom is -0.389 e. The highest BCUT2D eigenvalue weighted by molar-refractivity contribution is 6.30. The second-order valence-corrected chi connectivity index (χ2v) is 8.70. The van der Waals surface area contributed by atoms with Crippen LogP contribution in [0.2, 0.25) is 0 Å². The molecule has 7 heteroatoms. The first kappa shape index (κ1) is 27.3. The lowest BCUT2D eigenvalue weighted by Gasteiger charge is -2.14. The highest BCUT2D eigenvalue weighted by Gasteiger charge is 2.17. The molecule has 0 fully saturated rings. The Morgan fingerprint density at radius 3 is 2.88 bits per heavy atom. The topological polar surface area (TPSA) is 65.8 Å². The van der Waals surface area contributed by atoms with E-state index in [0.29, 0.717) is 23.7 Å². The van der Waals surface area contributed by atoms with E-state index in [0.717, 1.165) is 25.8 Å². The number of hydrogen-bond acceptors (Lipinski definition) is 4. The van der Waals surface area contributed by atoms with Crippen molar-refractivity contribution in [3.8, 4) is 0 Å². The molecule has 0 aromatic rings. The van der Waals surface area contributed by atoms with Gasteiger partial charge in [-0.2, -0.15) is 0 Å². The molecule has 2 unspecified atom stereocenters. The van der Waals surface area contributed by atoms with Crippen LogP contribution in [0.5, 0.6) is 0 Å². The van der Waals surface area contributed by atoms with Crippen molar-refractivity contribution in [3.63, 3.8) is 0 Å². The third-order valence-corrected chi connectivity index (χ3v) is 6.04. The fourth-order valence-electron chi connectivity index (χ4n) is 3.59. The fraction of sp³-hybridized carbons (Fsp3) is 0.370. The Bertz CT molecular complexity index is 971. The van der Waals surface area contributed by atoms with Gasteiger partial charge < -0.3 is 10.6 Å². The largest absolute Gasteiger partial charge is 0.389 e. The van der Waals surface area contributed by atoms with Gasteiger partial charge in [0.2, 0.25) is 0 Å². The summed E-state index contributed by atoms with van der Waals surface area (Å²) in [7, 11) is 0. The summed E-state index contributed by atoms with van der Waals surface area (Å²) in [5.41, 5.74) is 2.37. The Kier molecular flexibility index (Phi) is 11.5. The molecule has 0 saturated carbocycles. The van der Waals surface area contributed by atoms with Crippen molar-refractivity contribution in [1.82, 2.24) is 10.6 Å². The van der Waals surface area contributed by atoms with Crippen LogP contribution in [0.3, 0.4) is 0 Å². The van der Waals surface area contributed by atoms with E-state index in [2.05, 4.69) is 65.6 Å². The summed E-state index contributed by atoms with van der Waals surface area (Å²) < 4.78 is 13.9. The van der Waals surface area contributed by atoms with Crippen LogP contribution in [-0.2, 0) is 4.79 Å². The van der Waals surface area contributed by atoms with Gasteiger partial charge in [0.1, 0.15) is 5.83 Å². The zero-order chi connectivity index (χ0) is 24.9. The first-order valence-electron chi connectivity index (χ1n) is 11.5. The Morgan fingerprint density at radius 1 is 1.44 bits per heavy atom. The third-order valence-electron chi connectivity index (χ3n) is 5.65. The quantitative estimate of drug-likeness (QED) is 0.237. The summed E-state index contributed by atoms with van der Waals surface area (Å²) in [5, 5.41) is 6.28. The average molecular weight is 485 g/mol. The maximum absolute atomic E-state index is 13.9. The van der Waals surface area contributed by atoms with E-state index >= 15 is 0 Å². The van der Waals surface area contributed by atoms with Gasteiger partial charge in [0, 0.05) is 59.8 Å². The molecule has 0 saturated heterocycles. The maximum Gasteiger partial charge on any atom is 0.251 e. The number of aliphatic imine (C=N–C) groups is 2. The molecule has 2 N–H and O–H groups in total. The summed E-state index contributed by atoms with van der Waals surface area (Å²) in [6, 6.07) is 0. The van der Waals surface area contributed by atoms with Gasteiger partial charge in [-0.25, -0.2) is 4.39 Å². The molecule has 0 aliphatic carbocycles. The minimum atomic E-state index is -0.612. The van der Waals surface area contributed by atoms with Crippen LogP contribution in [0.4, 0.5) is 4.39 Å². The Hall–Kier alpha value is -2.99. The van der Waals surface area contributed by atoms with Crippen LogP contribution in [0.15, 0.2) is 93.0 Å². The molecular formula is C27H34ClFN4O. The molecule has 0 aromatic carbocycles. The van der Waals surface area contributed by atoms with Crippen molar-refractivity contribution in [3.05, 3.63) is 83.0 Å². The van der Waals surface area contributed by atoms with Gasteiger partial charge in [0.25, 0.3) is 5.91 Å². The van der Waals surface area contributed by atoms with Crippen molar-refractivity contribution in [2.45, 2.75) is 32.6 Å². The van der Waals surface area contributed by atoms with Gasteiger partial charge in [0.05, 0.1) is 0 Å². The van der Waals surface area contributed by atoms with Gasteiger partial charge >= 0.3 is 0 Å². The smallest absolute Gasteiger partial charge is 0.251 e. The predicted octanol–water partition coefficient (Wildman–Crippen LogP) is 5.72. The third kappa shape index (κ3) is 9.10. The molecule has 0 aromatic heterocycles. The van der Waals surface area contributed by atoms with Gasteiger partial charge in [0.15, 0.2) is 0 Å². The Morgan fingerprint density at radius 2 is 2.24 bits per heavy atom. The number of hydrogen-bond donors (Lipinski definition) is 2. The molecule has 2 heterocycles. The molecule has 0 bridgehead atoms. The van der Waals surface area contributed by atoms with Crippen molar-refractivity contribution >= 4 is 30.4 Å². The average Bonchev–Trinajstić information content (AvgIpc) is 3.23. The van der Waals surface area contributed by atoms with Crippen LogP contribution in [0.25, 0.3) is 0 Å². The molecule has 34 heavy (non-hydrogen) atoms. The molecule has 2 aliphatic rings. The van der Waals surface area contributed by atoms with Gasteiger partial charge in [-0.1, -0.05) is 56.0 Å². The Balaban J connectivity index is 2.00. The number of halogens is 2. The zero-order valence-corrected chi connectivity index (χ0v) is 20.6. The van der Waals surface area contributed by atoms with Crippen molar-refractivity contribution in [2.75, 3.05) is 19.6 Å². The summed E-state index contributed by atoms with van der Waals surface area (Å²) in [4.78, 5) is 21.2. The molecule has 2 rings (SSSR count). The molecule has 182 valence electrons. The van der Waals surface area contributed by atoms with Crippen molar-refractivity contribution in [1.29, 1.82) is 0 Å². The van der Waals surface area contributed by atoms with E-state index in [1.807, 2.05) is 6.21 Å². The van der Waals surface area contributed by atoms with Crippen LogP contribution < -0.4 is 10.6 Å². The van der Waals surface area contributed by atoms with Crippen molar-refractivity contribution in [2.24, 2.45) is 21.8 Å². The highest BCUT2D eigenvalue weighted by Crippen LogP contribution is 2.24. The Labute approximate surface area is 207 Å². The fourth-order valence-corrected chi connectivity index (χ4v) is 3.81. The van der Waals surface area contributed by atoms with Gasteiger partial charge in [-0.05, 0) is 50.0 Å². The monoisotopic (exact) mass is 484 g/mol. The number of nitrogens with zero attached hydrogens (tertiary/aromatic N) is 2. The van der Waals surface area contributed by atoms with E-state index in [1.54, 1.807) is 18.4 Å². The predicted molar refractivity (Wildman–Crippen MR) is 142 cm³/mol. The zero-order valence-electron chi connectivity index (χ0n) is 19.8. The highest BCUT2D eigenvalue weighted by atomic mass is 35.5. The number of allylic oxidation sites excluding steroid dienone is 5. The molecule has 5 nitrogen and oxygen atoms in total. The van der Waals surface area contributed by atoms with E-state index in [1.165, 1.54) is 5.57 Å². The molecule has 2 aliphatic heterocycles. The van der Waals surface area contributed by atoms with Gasteiger partial charge in [-0.15, -0.1) is 0 Å². The van der Waals surface area contributed by atoms with E-state index in [9.17, 15) is 9.18 Å². The molecule has 2 atom stereocenters. The molecule has 1 amide bonds. The molecular weight excluding hydrogens is 451 g/mol. The first-order valence-corrected chi connectivity index (χ1v) is 11.9. The number of carbonyl (C=O) groups excluding carboxylic acids is 1. The van der Waals surface area contributed by atoms with Crippen LogP contribution in [0.1, 0.15) is 32.6 Å². The van der Waals surface area contributed by atoms with Gasteiger partial charge in [-0.3, -0.25) is 14.8 Å². The summed E-state index contributed by atoms with van der Waals surface area (Å²) in [6.07, 6.45) is 16.7. The van der Waals surface area contributed by atoms with Crippen LogP contribution in [-0.4, -0.2) is 38.5 Å². The maximum atomic E-state index is 13.9. The van der Waals surface area contributed by atoms with Crippen LogP contribution in [0, 0.1) is 11.8 Å². The van der Waals surface area contributed by atoms with Crippen molar-refractivity contribution < 1.29 is 9.18 Å². The lowest BCUT2D eigenvalue weighted by Crippen LogP contribution is -2.27.